The Morgan fingerprint density at radius 3 is 2.68 bits per heavy atom. The number of carbonyl (C=O) groups excluding carboxylic acids is 1. The van der Waals surface area contributed by atoms with Crippen molar-refractivity contribution in [2.45, 2.75) is 25.0 Å². The maximum Gasteiger partial charge on any atom is 0.291 e. The lowest BCUT2D eigenvalue weighted by Crippen LogP contribution is -2.50. The zero-order valence-corrected chi connectivity index (χ0v) is 16.8. The molecule has 0 unspecified atom stereocenters. The lowest BCUT2D eigenvalue weighted by Gasteiger charge is -2.36. The Hall–Kier alpha value is -1.83. The van der Waals surface area contributed by atoms with Crippen molar-refractivity contribution >= 4 is 21.8 Å². The van der Waals surface area contributed by atoms with Crippen LogP contribution in [0.1, 0.15) is 27.0 Å². The number of aliphatic hydroxyl groups excluding tert-OH is 1. The van der Waals surface area contributed by atoms with Crippen LogP contribution in [0.4, 0.5) is 8.78 Å². The minimum absolute atomic E-state index is 0.00134. The van der Waals surface area contributed by atoms with Crippen molar-refractivity contribution in [2.75, 3.05) is 26.2 Å². The fourth-order valence-corrected chi connectivity index (χ4v) is 4.40. The van der Waals surface area contributed by atoms with E-state index in [9.17, 15) is 18.7 Å². The van der Waals surface area contributed by atoms with Gasteiger partial charge in [-0.25, -0.2) is 0 Å². The third-order valence-corrected chi connectivity index (χ3v) is 5.89. The second kappa shape index (κ2) is 7.54. The van der Waals surface area contributed by atoms with Crippen molar-refractivity contribution in [2.24, 2.45) is 0 Å². The highest BCUT2D eigenvalue weighted by Crippen LogP contribution is 2.38. The van der Waals surface area contributed by atoms with Crippen molar-refractivity contribution in [3.8, 4) is 0 Å². The van der Waals surface area contributed by atoms with Gasteiger partial charge < -0.3 is 10.0 Å². The molecule has 2 heterocycles. The molecule has 0 aromatic heterocycles. The van der Waals surface area contributed by atoms with Crippen molar-refractivity contribution in [3.63, 3.8) is 0 Å². The van der Waals surface area contributed by atoms with Gasteiger partial charge in [-0.2, -0.15) is 8.78 Å². The van der Waals surface area contributed by atoms with Crippen LogP contribution in [0.3, 0.4) is 0 Å². The molecule has 0 aliphatic carbocycles. The summed E-state index contributed by atoms with van der Waals surface area (Å²) in [6, 6.07) is 12.5. The summed E-state index contributed by atoms with van der Waals surface area (Å²) in [5.74, 6) is -3.60. The molecule has 2 aliphatic heterocycles. The second-order valence-electron chi connectivity index (χ2n) is 7.49. The standard InChI is InChI=1S/C21H21BrF2N2O2/c22-16-5-6-18-19(9-16)21(23,24)13-26(20(18)28)12-17(27)11-25-8-7-14-3-1-2-4-15(14)10-25/h1-6,9,17,27H,7-8,10-13H2/t17-/m1/s1. The molecule has 0 fully saturated rings. The van der Waals surface area contributed by atoms with E-state index < -0.39 is 24.5 Å². The smallest absolute Gasteiger partial charge is 0.291 e. The fraction of sp³-hybridized carbons (Fsp3) is 0.381. The number of aliphatic hydroxyl groups is 1. The molecular weight excluding hydrogens is 430 g/mol. The SMILES string of the molecule is O=C1c2ccc(Br)cc2C(F)(F)CN1C[C@H](O)CN1CCc2ccccc2C1. The Morgan fingerprint density at radius 1 is 1.14 bits per heavy atom. The van der Waals surface area contributed by atoms with E-state index in [2.05, 4.69) is 33.0 Å². The zero-order chi connectivity index (χ0) is 19.9. The van der Waals surface area contributed by atoms with E-state index in [0.717, 1.165) is 17.9 Å². The van der Waals surface area contributed by atoms with Gasteiger partial charge in [0.2, 0.25) is 0 Å². The van der Waals surface area contributed by atoms with E-state index in [1.54, 1.807) is 6.07 Å². The van der Waals surface area contributed by atoms with Crippen LogP contribution in [-0.4, -0.2) is 53.1 Å². The third kappa shape index (κ3) is 3.83. The molecule has 1 amide bonds. The van der Waals surface area contributed by atoms with Gasteiger partial charge >= 0.3 is 0 Å². The highest BCUT2D eigenvalue weighted by Gasteiger charge is 2.44. The Labute approximate surface area is 170 Å². The molecule has 0 radical (unpaired) electrons. The molecule has 0 saturated heterocycles. The number of alkyl halides is 2. The number of hydrogen-bond acceptors (Lipinski definition) is 3. The molecule has 2 aromatic carbocycles. The van der Waals surface area contributed by atoms with Crippen LogP contribution in [-0.2, 0) is 18.9 Å². The largest absolute Gasteiger partial charge is 0.390 e. The number of amides is 1. The van der Waals surface area contributed by atoms with Crippen LogP contribution in [0, 0.1) is 0 Å². The predicted octanol–water partition coefficient (Wildman–Crippen LogP) is 3.42. The normalized spacial score (nSPS) is 19.9. The molecule has 1 atom stereocenters. The number of hydrogen-bond donors (Lipinski definition) is 1. The van der Waals surface area contributed by atoms with Gasteiger partial charge in [-0.05, 0) is 35.7 Å². The summed E-state index contributed by atoms with van der Waals surface area (Å²) in [7, 11) is 0. The quantitative estimate of drug-likeness (QED) is 0.775. The number of halogens is 3. The predicted molar refractivity (Wildman–Crippen MR) is 105 cm³/mol. The Kier molecular flexibility index (Phi) is 5.24. The van der Waals surface area contributed by atoms with E-state index in [1.807, 2.05) is 12.1 Å². The van der Waals surface area contributed by atoms with Crippen LogP contribution >= 0.6 is 15.9 Å². The van der Waals surface area contributed by atoms with Gasteiger partial charge in [0, 0.05) is 41.8 Å². The first-order valence-electron chi connectivity index (χ1n) is 9.28. The molecule has 28 heavy (non-hydrogen) atoms. The summed E-state index contributed by atoms with van der Waals surface area (Å²) in [6.07, 6.45) is 0.00768. The molecule has 0 saturated carbocycles. The minimum atomic E-state index is -3.14. The van der Waals surface area contributed by atoms with Gasteiger partial charge in [-0.1, -0.05) is 40.2 Å². The van der Waals surface area contributed by atoms with Crippen LogP contribution in [0.25, 0.3) is 0 Å². The molecule has 0 bridgehead atoms. The van der Waals surface area contributed by atoms with Crippen LogP contribution < -0.4 is 0 Å². The highest BCUT2D eigenvalue weighted by molar-refractivity contribution is 9.10. The molecule has 0 spiro atoms. The third-order valence-electron chi connectivity index (χ3n) is 5.39. The molecule has 148 valence electrons. The van der Waals surface area contributed by atoms with E-state index in [1.165, 1.54) is 23.3 Å². The number of rotatable bonds is 4. The summed E-state index contributed by atoms with van der Waals surface area (Å²) in [5.41, 5.74) is 2.27. The second-order valence-corrected chi connectivity index (χ2v) is 8.40. The van der Waals surface area contributed by atoms with Gasteiger partial charge in [-0.15, -0.1) is 0 Å². The van der Waals surface area contributed by atoms with Gasteiger partial charge in [-0.3, -0.25) is 9.69 Å². The summed E-state index contributed by atoms with van der Waals surface area (Å²) in [4.78, 5) is 15.8. The van der Waals surface area contributed by atoms with Crippen LogP contribution in [0.15, 0.2) is 46.9 Å². The maximum absolute atomic E-state index is 14.6. The van der Waals surface area contributed by atoms with Gasteiger partial charge in [0.05, 0.1) is 12.6 Å². The van der Waals surface area contributed by atoms with Crippen molar-refractivity contribution in [1.29, 1.82) is 0 Å². The first kappa shape index (κ1) is 19.5. The molecule has 2 aromatic rings. The Balaban J connectivity index is 1.43. The van der Waals surface area contributed by atoms with Gasteiger partial charge in [0.1, 0.15) is 0 Å². The summed E-state index contributed by atoms with van der Waals surface area (Å²) in [5, 5.41) is 10.5. The van der Waals surface area contributed by atoms with Crippen LogP contribution in [0.5, 0.6) is 0 Å². The van der Waals surface area contributed by atoms with Crippen molar-refractivity contribution in [3.05, 3.63) is 69.2 Å². The van der Waals surface area contributed by atoms with E-state index >= 15 is 0 Å². The maximum atomic E-state index is 14.6. The van der Waals surface area contributed by atoms with Crippen LogP contribution in [0.2, 0.25) is 0 Å². The Bertz CT molecular complexity index is 906. The molecule has 2 aliphatic rings. The lowest BCUT2D eigenvalue weighted by molar-refractivity contribution is -0.0495. The number of β-amino-alcohol motifs (C(OH)–C–C–N with tert-alkyl or cyclic N) is 1. The number of carbonyl (C=O) groups is 1. The first-order chi connectivity index (χ1) is 13.3. The number of fused-ring (bicyclic) bond motifs is 2. The van der Waals surface area contributed by atoms with E-state index in [-0.39, 0.29) is 17.7 Å². The molecule has 4 nitrogen and oxygen atoms in total. The summed E-state index contributed by atoms with van der Waals surface area (Å²) >= 11 is 3.18. The lowest BCUT2D eigenvalue weighted by atomic mass is 9.95. The highest BCUT2D eigenvalue weighted by atomic mass is 79.9. The van der Waals surface area contributed by atoms with Gasteiger partial charge in [0.15, 0.2) is 0 Å². The molecule has 7 heteroatoms. The zero-order valence-electron chi connectivity index (χ0n) is 15.2. The average molecular weight is 451 g/mol. The average Bonchev–Trinajstić information content (AvgIpc) is 2.65. The fourth-order valence-electron chi connectivity index (χ4n) is 4.04. The number of nitrogens with zero attached hydrogens (tertiary/aromatic N) is 2. The van der Waals surface area contributed by atoms with E-state index in [0.29, 0.717) is 17.6 Å². The van der Waals surface area contributed by atoms with E-state index in [4.69, 9.17) is 0 Å². The molecule has 4 rings (SSSR count). The van der Waals surface area contributed by atoms with Gasteiger partial charge in [0.25, 0.3) is 11.8 Å². The topological polar surface area (TPSA) is 43.8 Å². The molecule has 1 N–H and O–H groups in total. The number of benzene rings is 2. The first-order valence-corrected chi connectivity index (χ1v) is 10.1. The van der Waals surface area contributed by atoms with Crippen molar-refractivity contribution < 1.29 is 18.7 Å². The van der Waals surface area contributed by atoms with Crippen molar-refractivity contribution in [1.82, 2.24) is 9.80 Å². The monoisotopic (exact) mass is 450 g/mol. The summed E-state index contributed by atoms with van der Waals surface area (Å²) < 4.78 is 29.6. The summed E-state index contributed by atoms with van der Waals surface area (Å²) in [6.45, 7) is 1.04. The minimum Gasteiger partial charge on any atom is -0.390 e. The Morgan fingerprint density at radius 2 is 1.89 bits per heavy atom. The molecular formula is C21H21BrF2N2O2.